The summed E-state index contributed by atoms with van der Waals surface area (Å²) in [7, 11) is -3.89. The van der Waals surface area contributed by atoms with Crippen LogP contribution >= 0.6 is 0 Å². The first-order valence-corrected chi connectivity index (χ1v) is 14.5. The number of fused-ring (bicyclic) bond motifs is 1. The SMILES string of the molecule is CC(C)n1c(=O)c(-c2ccc(NS(=O)(=O)N3CCCCC3)c(F)c2)nc2cnc(N[C@@H]3CNC[C@@H](F)C3)nc21. The monoisotopic (exact) mass is 562 g/mol. The van der Waals surface area contributed by atoms with E-state index in [1.165, 1.54) is 27.2 Å². The summed E-state index contributed by atoms with van der Waals surface area (Å²) in [6.07, 6.45) is 3.29. The molecule has 2 aliphatic heterocycles. The maximum Gasteiger partial charge on any atom is 0.301 e. The van der Waals surface area contributed by atoms with Crippen LogP contribution in [0.15, 0.2) is 29.2 Å². The molecule has 0 bridgehead atoms. The van der Waals surface area contributed by atoms with Gasteiger partial charge in [-0.05, 0) is 38.8 Å². The quantitative estimate of drug-likeness (QED) is 0.400. The average Bonchev–Trinajstić information content (AvgIpc) is 2.90. The molecule has 0 unspecified atom stereocenters. The van der Waals surface area contributed by atoms with E-state index in [4.69, 9.17) is 0 Å². The molecular weight excluding hydrogens is 530 g/mol. The van der Waals surface area contributed by atoms with Gasteiger partial charge in [-0.1, -0.05) is 12.5 Å². The molecule has 14 heteroatoms. The number of piperidine rings is 2. The third-order valence-electron chi connectivity index (χ3n) is 6.91. The van der Waals surface area contributed by atoms with Crippen LogP contribution in [0, 0.1) is 5.82 Å². The van der Waals surface area contributed by atoms with Crippen LogP contribution in [0.5, 0.6) is 0 Å². The molecule has 3 aromatic rings. The molecule has 0 aliphatic carbocycles. The molecule has 0 saturated carbocycles. The highest BCUT2D eigenvalue weighted by Crippen LogP contribution is 2.26. The van der Waals surface area contributed by atoms with Crippen LogP contribution in [0.3, 0.4) is 0 Å². The number of rotatable bonds is 7. The Hall–Kier alpha value is -3.23. The van der Waals surface area contributed by atoms with Crippen molar-refractivity contribution >= 4 is 33.0 Å². The van der Waals surface area contributed by atoms with Crippen molar-refractivity contribution in [3.05, 3.63) is 40.6 Å². The van der Waals surface area contributed by atoms with E-state index in [9.17, 15) is 17.6 Å². The maximum absolute atomic E-state index is 15.1. The van der Waals surface area contributed by atoms with Gasteiger partial charge in [-0.3, -0.25) is 14.1 Å². The van der Waals surface area contributed by atoms with E-state index in [-0.39, 0.29) is 35.0 Å². The normalized spacial score (nSPS) is 20.8. The Balaban J connectivity index is 1.46. The van der Waals surface area contributed by atoms with Gasteiger partial charge >= 0.3 is 10.2 Å². The molecule has 39 heavy (non-hydrogen) atoms. The van der Waals surface area contributed by atoms with Crippen molar-refractivity contribution in [2.45, 2.75) is 57.8 Å². The molecule has 2 fully saturated rings. The van der Waals surface area contributed by atoms with Gasteiger partial charge in [0.2, 0.25) is 5.95 Å². The summed E-state index contributed by atoms with van der Waals surface area (Å²) in [5.41, 5.74) is 0.112. The molecule has 3 N–H and O–H groups in total. The molecule has 0 amide bonds. The Labute approximate surface area is 225 Å². The summed E-state index contributed by atoms with van der Waals surface area (Å²) >= 11 is 0. The number of alkyl halides is 1. The topological polar surface area (TPSA) is 134 Å². The predicted octanol–water partition coefficient (Wildman–Crippen LogP) is 2.83. The van der Waals surface area contributed by atoms with Crippen LogP contribution in [0.25, 0.3) is 22.4 Å². The summed E-state index contributed by atoms with van der Waals surface area (Å²) in [6, 6.07) is 3.33. The first-order chi connectivity index (χ1) is 18.6. The summed E-state index contributed by atoms with van der Waals surface area (Å²) in [5, 5.41) is 6.13. The molecular formula is C25H32F2N8O3S. The fraction of sp³-hybridized carbons (Fsp3) is 0.520. The van der Waals surface area contributed by atoms with Gasteiger partial charge in [0.15, 0.2) is 5.65 Å². The lowest BCUT2D eigenvalue weighted by Crippen LogP contribution is -2.44. The molecule has 5 rings (SSSR count). The van der Waals surface area contributed by atoms with Crippen molar-refractivity contribution in [3.8, 4) is 11.3 Å². The molecule has 2 atom stereocenters. The van der Waals surface area contributed by atoms with E-state index in [0.29, 0.717) is 43.8 Å². The van der Waals surface area contributed by atoms with E-state index in [0.717, 1.165) is 25.3 Å². The fourth-order valence-electron chi connectivity index (χ4n) is 4.97. The number of nitrogens with one attached hydrogen (secondary N) is 3. The fourth-order valence-corrected chi connectivity index (χ4v) is 6.29. The zero-order valence-corrected chi connectivity index (χ0v) is 22.6. The molecule has 0 spiro atoms. The lowest BCUT2D eigenvalue weighted by Gasteiger charge is -2.26. The van der Waals surface area contributed by atoms with Crippen LogP contribution in [-0.2, 0) is 10.2 Å². The highest BCUT2D eigenvalue weighted by molar-refractivity contribution is 7.90. The van der Waals surface area contributed by atoms with Crippen LogP contribution in [0.4, 0.5) is 20.4 Å². The Morgan fingerprint density at radius 3 is 2.59 bits per heavy atom. The second kappa shape index (κ2) is 11.1. The number of nitrogens with zero attached hydrogens (tertiary/aromatic N) is 5. The summed E-state index contributed by atoms with van der Waals surface area (Å²) < 4.78 is 59.3. The summed E-state index contributed by atoms with van der Waals surface area (Å²) in [6.45, 7) is 5.28. The number of hydrogen-bond acceptors (Lipinski definition) is 8. The first kappa shape index (κ1) is 27.3. The number of halogens is 2. The molecule has 4 heterocycles. The predicted molar refractivity (Wildman–Crippen MR) is 145 cm³/mol. The zero-order valence-electron chi connectivity index (χ0n) is 21.8. The largest absolute Gasteiger partial charge is 0.350 e. The van der Waals surface area contributed by atoms with Crippen molar-refractivity contribution < 1.29 is 17.2 Å². The molecule has 2 saturated heterocycles. The van der Waals surface area contributed by atoms with Gasteiger partial charge in [0.25, 0.3) is 5.56 Å². The lowest BCUT2D eigenvalue weighted by atomic mass is 10.1. The van der Waals surface area contributed by atoms with Crippen molar-refractivity contribution in [1.82, 2.24) is 29.1 Å². The molecule has 2 aromatic heterocycles. The van der Waals surface area contributed by atoms with Gasteiger partial charge in [0, 0.05) is 50.2 Å². The smallest absolute Gasteiger partial charge is 0.301 e. The second-order valence-electron chi connectivity index (χ2n) is 10.2. The van der Waals surface area contributed by atoms with Crippen LogP contribution in [0.1, 0.15) is 45.6 Å². The molecule has 210 valence electrons. The van der Waals surface area contributed by atoms with Crippen LogP contribution in [0.2, 0.25) is 0 Å². The third-order valence-corrected chi connectivity index (χ3v) is 8.44. The Morgan fingerprint density at radius 1 is 1.13 bits per heavy atom. The van der Waals surface area contributed by atoms with Crippen LogP contribution in [-0.4, -0.2) is 70.6 Å². The van der Waals surface area contributed by atoms with Crippen molar-refractivity contribution in [1.29, 1.82) is 0 Å². The van der Waals surface area contributed by atoms with E-state index in [2.05, 4.69) is 30.3 Å². The summed E-state index contributed by atoms with van der Waals surface area (Å²) in [5.74, 6) is -0.573. The highest BCUT2D eigenvalue weighted by atomic mass is 32.2. The van der Waals surface area contributed by atoms with Gasteiger partial charge in [-0.15, -0.1) is 0 Å². The van der Waals surface area contributed by atoms with Gasteiger partial charge < -0.3 is 10.6 Å². The molecule has 0 radical (unpaired) electrons. The lowest BCUT2D eigenvalue weighted by molar-refractivity contribution is 0.254. The minimum absolute atomic E-state index is 0.0124. The van der Waals surface area contributed by atoms with Gasteiger partial charge in [-0.25, -0.2) is 18.7 Å². The van der Waals surface area contributed by atoms with E-state index in [1.54, 1.807) is 0 Å². The van der Waals surface area contributed by atoms with Crippen LogP contribution < -0.4 is 20.9 Å². The van der Waals surface area contributed by atoms with Crippen molar-refractivity contribution in [3.63, 3.8) is 0 Å². The number of aromatic nitrogens is 4. The Kier molecular flexibility index (Phi) is 7.78. The minimum Gasteiger partial charge on any atom is -0.350 e. The van der Waals surface area contributed by atoms with Gasteiger partial charge in [0.05, 0.1) is 11.9 Å². The second-order valence-corrected chi connectivity index (χ2v) is 11.9. The van der Waals surface area contributed by atoms with Crippen molar-refractivity contribution in [2.75, 3.05) is 36.2 Å². The third kappa shape index (κ3) is 5.87. The van der Waals surface area contributed by atoms with E-state index >= 15 is 4.39 Å². The van der Waals surface area contributed by atoms with Gasteiger partial charge in [-0.2, -0.15) is 17.7 Å². The minimum atomic E-state index is -3.89. The number of hydrogen-bond donors (Lipinski definition) is 3. The zero-order chi connectivity index (χ0) is 27.7. The molecule has 2 aliphatic rings. The first-order valence-electron chi connectivity index (χ1n) is 13.1. The standard InChI is InChI=1S/C25H32F2N8O3S/c1-15(2)35-23-21(14-29-25(32-23)30-18-11-17(26)12-28-13-18)31-22(24(35)36)16-6-7-20(19(27)10-16)33-39(37,38)34-8-4-3-5-9-34/h6-7,10,14-15,17-18,28,33H,3-5,8-9,11-13H2,1-2H3,(H,29,30,32)/t17-,18-/m0/s1. The average molecular weight is 563 g/mol. The van der Waals surface area contributed by atoms with Crippen molar-refractivity contribution in [2.24, 2.45) is 0 Å². The number of benzene rings is 1. The Bertz CT molecular complexity index is 1530. The molecule has 11 nitrogen and oxygen atoms in total. The maximum atomic E-state index is 15.1. The van der Waals surface area contributed by atoms with Gasteiger partial charge in [0.1, 0.15) is 23.2 Å². The van der Waals surface area contributed by atoms with E-state index < -0.39 is 27.8 Å². The molecule has 1 aromatic carbocycles. The van der Waals surface area contributed by atoms with E-state index in [1.807, 2.05) is 13.8 Å². The summed E-state index contributed by atoms with van der Waals surface area (Å²) in [4.78, 5) is 26.8. The Morgan fingerprint density at radius 2 is 1.90 bits per heavy atom. The highest BCUT2D eigenvalue weighted by Gasteiger charge is 2.26. The number of anilines is 2.